The van der Waals surface area contributed by atoms with Crippen LogP contribution < -0.4 is 10.6 Å². The van der Waals surface area contributed by atoms with Crippen LogP contribution in [0.15, 0.2) is 48.7 Å². The van der Waals surface area contributed by atoms with Crippen LogP contribution in [0, 0.1) is 17.8 Å². The van der Waals surface area contributed by atoms with Crippen molar-refractivity contribution in [1.82, 2.24) is 24.3 Å². The highest BCUT2D eigenvalue weighted by Crippen LogP contribution is 2.63. The van der Waals surface area contributed by atoms with Crippen LogP contribution in [-0.4, -0.2) is 72.9 Å². The summed E-state index contributed by atoms with van der Waals surface area (Å²) in [5.74, 6) is -0.893. The fraction of sp³-hybridized carbons (Fsp3) is 0.465. The molecule has 0 unspecified atom stereocenters. The molecule has 2 aromatic heterocycles. The molecule has 11 nitrogen and oxygen atoms in total. The molecule has 2 saturated carbocycles. The smallest absolute Gasteiger partial charge is 0.309 e. The van der Waals surface area contributed by atoms with E-state index in [1.807, 2.05) is 61.1 Å². The number of pyridine rings is 1. The van der Waals surface area contributed by atoms with Crippen LogP contribution in [-0.2, 0) is 37.8 Å². The van der Waals surface area contributed by atoms with Gasteiger partial charge in [0.05, 0.1) is 21.8 Å². The van der Waals surface area contributed by atoms with Crippen molar-refractivity contribution in [3.05, 3.63) is 93.3 Å². The molecule has 55 heavy (non-hydrogen) atoms. The summed E-state index contributed by atoms with van der Waals surface area (Å²) in [6.07, 6.45) is 8.92. The van der Waals surface area contributed by atoms with Gasteiger partial charge in [0.1, 0.15) is 5.69 Å². The standard InChI is InChI=1S/C43H50ClN7O4/c1-26(2)51-19-11-28-21-34(45-22-29(28)23-51)39(52)47-32-9-5-7-30(27(32)3)31-8-6-10-33(37(31)44)48-40(53)38-46-35-24-50(18-12-36(35)49(38)4)20-17-42-13-15-43(25-42,16-14-42)41(54)55/h5-10,21-22,26H,11-20,23-25H2,1-4H3,(H,47,52)(H,48,53)(H,54,55). The molecule has 0 atom stereocenters. The molecular weight excluding hydrogens is 714 g/mol. The Hall–Kier alpha value is -4.58. The normalized spacial score (nSPS) is 22.1. The molecule has 2 aromatic carbocycles. The molecule has 0 saturated heterocycles. The molecule has 4 aliphatic rings. The lowest BCUT2D eigenvalue weighted by Crippen LogP contribution is -2.36. The van der Waals surface area contributed by atoms with E-state index in [1.54, 1.807) is 6.07 Å². The first-order valence-corrected chi connectivity index (χ1v) is 20.0. The Kier molecular flexibility index (Phi) is 9.84. The third-order valence-electron chi connectivity index (χ3n) is 13.1. The number of hydrogen-bond donors (Lipinski definition) is 3. The van der Waals surface area contributed by atoms with Crippen molar-refractivity contribution >= 4 is 40.8 Å². The number of amides is 2. The van der Waals surface area contributed by atoms with E-state index in [0.29, 0.717) is 40.5 Å². The van der Waals surface area contributed by atoms with Crippen LogP contribution in [0.2, 0.25) is 5.02 Å². The average Bonchev–Trinajstić information content (AvgIpc) is 3.86. The number of hydrogen-bond acceptors (Lipinski definition) is 7. The van der Waals surface area contributed by atoms with Crippen molar-refractivity contribution in [3.63, 3.8) is 0 Å². The van der Waals surface area contributed by atoms with Gasteiger partial charge in [-0.25, -0.2) is 4.98 Å². The topological polar surface area (TPSA) is 133 Å². The Morgan fingerprint density at radius 3 is 2.38 bits per heavy atom. The van der Waals surface area contributed by atoms with Crippen molar-refractivity contribution in [2.24, 2.45) is 17.9 Å². The van der Waals surface area contributed by atoms with Crippen molar-refractivity contribution < 1.29 is 19.5 Å². The summed E-state index contributed by atoms with van der Waals surface area (Å²) in [7, 11) is 1.89. The van der Waals surface area contributed by atoms with Gasteiger partial charge in [0.25, 0.3) is 11.8 Å². The molecule has 0 radical (unpaired) electrons. The second kappa shape index (κ2) is 14.5. The summed E-state index contributed by atoms with van der Waals surface area (Å²) in [4.78, 5) is 53.3. The van der Waals surface area contributed by atoms with E-state index in [-0.39, 0.29) is 17.2 Å². The number of halogens is 1. The summed E-state index contributed by atoms with van der Waals surface area (Å²) in [6, 6.07) is 13.6. The first-order chi connectivity index (χ1) is 26.3. The van der Waals surface area contributed by atoms with Gasteiger partial charge in [0.2, 0.25) is 0 Å². The fourth-order valence-corrected chi connectivity index (χ4v) is 9.90. The molecule has 0 spiro atoms. The van der Waals surface area contributed by atoms with E-state index in [1.165, 1.54) is 11.1 Å². The van der Waals surface area contributed by atoms with Crippen molar-refractivity contribution in [2.45, 2.75) is 91.3 Å². The summed E-state index contributed by atoms with van der Waals surface area (Å²) >= 11 is 7.02. The summed E-state index contributed by atoms with van der Waals surface area (Å²) < 4.78 is 1.89. The van der Waals surface area contributed by atoms with Crippen molar-refractivity contribution in [2.75, 3.05) is 30.3 Å². The lowest BCUT2D eigenvalue weighted by atomic mass is 9.80. The van der Waals surface area contributed by atoms with Gasteiger partial charge in [0, 0.05) is 68.8 Å². The molecular formula is C43H50ClN7O4. The van der Waals surface area contributed by atoms with Crippen LogP contribution in [0.5, 0.6) is 0 Å². The van der Waals surface area contributed by atoms with Gasteiger partial charge < -0.3 is 20.3 Å². The molecule has 4 aromatic rings. The second-order valence-corrected chi connectivity index (χ2v) is 17.0. The van der Waals surface area contributed by atoms with Crippen LogP contribution in [0.4, 0.5) is 11.4 Å². The third kappa shape index (κ3) is 6.95. The molecule has 288 valence electrons. The van der Waals surface area contributed by atoms with Gasteiger partial charge in [-0.3, -0.25) is 29.2 Å². The molecule has 4 heterocycles. The number of aromatic nitrogens is 3. The van der Waals surface area contributed by atoms with Crippen LogP contribution in [0.1, 0.15) is 102 Å². The number of rotatable bonds is 10. The van der Waals surface area contributed by atoms with Crippen molar-refractivity contribution in [3.8, 4) is 11.1 Å². The van der Waals surface area contributed by atoms with E-state index in [2.05, 4.69) is 39.3 Å². The van der Waals surface area contributed by atoms with E-state index in [4.69, 9.17) is 16.6 Å². The summed E-state index contributed by atoms with van der Waals surface area (Å²) in [5, 5.41) is 16.3. The number of carbonyl (C=O) groups is 3. The first-order valence-electron chi connectivity index (χ1n) is 19.6. The maximum Gasteiger partial charge on any atom is 0.309 e. The number of imidazole rings is 1. The van der Waals surface area contributed by atoms with Gasteiger partial charge in [-0.1, -0.05) is 35.9 Å². The first kappa shape index (κ1) is 37.3. The Bertz CT molecular complexity index is 2190. The number of anilines is 2. The molecule has 12 heteroatoms. The molecule has 2 aliphatic carbocycles. The SMILES string of the molecule is Cc1c(NC(=O)c2cc3c(cn2)CN(C(C)C)CC3)cccc1-c1cccc(NC(=O)c2nc3c(n2C)CCN(CCC24CCC(C(=O)O)(CC2)C4)C3)c1Cl. The minimum atomic E-state index is -0.621. The number of nitrogens with zero attached hydrogens (tertiary/aromatic N) is 5. The summed E-state index contributed by atoms with van der Waals surface area (Å²) in [5.41, 5.74) is 7.87. The number of aliphatic carboxylic acids is 1. The quantitative estimate of drug-likeness (QED) is 0.151. The second-order valence-electron chi connectivity index (χ2n) is 16.6. The maximum atomic E-state index is 13.7. The number of carboxylic acid groups (broad SMARTS) is 1. The number of carbonyl (C=O) groups excluding carboxylic acids is 2. The van der Waals surface area contributed by atoms with Gasteiger partial charge >= 0.3 is 5.97 Å². The molecule has 2 aliphatic heterocycles. The third-order valence-corrected chi connectivity index (χ3v) is 13.5. The monoisotopic (exact) mass is 763 g/mol. The molecule has 3 N–H and O–H groups in total. The highest BCUT2D eigenvalue weighted by atomic mass is 35.5. The Morgan fingerprint density at radius 2 is 1.65 bits per heavy atom. The fourth-order valence-electron chi connectivity index (χ4n) is 9.62. The van der Waals surface area contributed by atoms with Crippen LogP contribution in [0.3, 0.4) is 0 Å². The van der Waals surface area contributed by atoms with Gasteiger partial charge in [0.15, 0.2) is 5.82 Å². The number of benzene rings is 2. The predicted octanol–water partition coefficient (Wildman–Crippen LogP) is 7.50. The Balaban J connectivity index is 0.934. The molecule has 8 rings (SSSR count). The predicted molar refractivity (Wildman–Crippen MR) is 213 cm³/mol. The molecule has 2 fully saturated rings. The molecule has 2 bridgehead atoms. The van der Waals surface area contributed by atoms with Gasteiger partial charge in [-0.15, -0.1) is 0 Å². The van der Waals surface area contributed by atoms with Crippen LogP contribution in [0.25, 0.3) is 11.1 Å². The zero-order valence-corrected chi connectivity index (χ0v) is 32.9. The zero-order chi connectivity index (χ0) is 38.6. The molecule has 2 amide bonds. The lowest BCUT2D eigenvalue weighted by Gasteiger charge is -2.32. The average molecular weight is 764 g/mol. The van der Waals surface area contributed by atoms with E-state index >= 15 is 0 Å². The highest BCUT2D eigenvalue weighted by Gasteiger charge is 2.57. The number of carboxylic acids is 1. The minimum absolute atomic E-state index is 0.144. The summed E-state index contributed by atoms with van der Waals surface area (Å²) in [6.45, 7) is 10.6. The zero-order valence-electron chi connectivity index (χ0n) is 32.2. The van der Waals surface area contributed by atoms with E-state index in [9.17, 15) is 19.5 Å². The van der Waals surface area contributed by atoms with E-state index in [0.717, 1.165) is 106 Å². The number of fused-ring (bicyclic) bond motifs is 4. The van der Waals surface area contributed by atoms with Crippen LogP contribution >= 0.6 is 11.6 Å². The van der Waals surface area contributed by atoms with Gasteiger partial charge in [-0.2, -0.15) is 0 Å². The van der Waals surface area contributed by atoms with E-state index < -0.39 is 11.4 Å². The minimum Gasteiger partial charge on any atom is -0.481 e. The highest BCUT2D eigenvalue weighted by molar-refractivity contribution is 6.36. The largest absolute Gasteiger partial charge is 0.481 e. The van der Waals surface area contributed by atoms with Crippen molar-refractivity contribution in [1.29, 1.82) is 0 Å². The Morgan fingerprint density at radius 1 is 0.927 bits per heavy atom. The maximum absolute atomic E-state index is 13.7. The Labute approximate surface area is 327 Å². The van der Waals surface area contributed by atoms with Gasteiger partial charge in [-0.05, 0) is 118 Å². The number of nitrogens with one attached hydrogen (secondary N) is 2. The lowest BCUT2D eigenvalue weighted by molar-refractivity contribution is -0.148.